The number of carbonyl (C=O) groups excluding carboxylic acids is 1. The lowest BCUT2D eigenvalue weighted by Gasteiger charge is -2.25. The lowest BCUT2D eigenvalue weighted by Crippen LogP contribution is -2.46. The number of para-hydroxylation sites is 1. The maximum absolute atomic E-state index is 12.1. The third kappa shape index (κ3) is 5.68. The third-order valence-electron chi connectivity index (χ3n) is 4.73. The predicted octanol–water partition coefficient (Wildman–Crippen LogP) is 2.58. The molecule has 2 unspecified atom stereocenters. The number of aliphatic hydroxyl groups is 1. The van der Waals surface area contributed by atoms with Crippen LogP contribution < -0.4 is 10.6 Å². The number of carbonyl (C=O) groups is 1. The molecular weight excluding hydrogens is 328 g/mol. The Kier molecular flexibility index (Phi) is 7.36. The summed E-state index contributed by atoms with van der Waals surface area (Å²) in [5, 5.41) is 25.0. The van der Waals surface area contributed by atoms with Crippen LogP contribution in [0.15, 0.2) is 30.5 Å². The Labute approximate surface area is 154 Å². The molecule has 1 heterocycles. The van der Waals surface area contributed by atoms with E-state index in [1.165, 1.54) is 0 Å². The van der Waals surface area contributed by atoms with Crippen LogP contribution in [0.25, 0.3) is 10.9 Å². The Morgan fingerprint density at radius 1 is 1.31 bits per heavy atom. The maximum Gasteiger partial charge on any atom is 0.147 e. The van der Waals surface area contributed by atoms with E-state index in [9.17, 15) is 9.90 Å². The summed E-state index contributed by atoms with van der Waals surface area (Å²) in [4.78, 5) is 15.3. The Balaban J connectivity index is 1.92. The van der Waals surface area contributed by atoms with E-state index in [4.69, 9.17) is 5.41 Å². The van der Waals surface area contributed by atoms with Crippen LogP contribution in [-0.2, 0) is 11.2 Å². The monoisotopic (exact) mass is 358 g/mol. The molecule has 0 saturated heterocycles. The fourth-order valence-electron chi connectivity index (χ4n) is 3.07. The number of aliphatic hydroxyl groups excluding tert-OH is 1. The summed E-state index contributed by atoms with van der Waals surface area (Å²) in [6.45, 7) is 5.96. The van der Waals surface area contributed by atoms with Crippen LogP contribution in [0.3, 0.4) is 0 Å². The molecule has 0 aliphatic rings. The molecule has 1 aromatic carbocycles. The normalized spacial score (nSPS) is 14.8. The van der Waals surface area contributed by atoms with Crippen LogP contribution in [0.2, 0.25) is 0 Å². The molecule has 0 saturated carbocycles. The second-order valence-electron chi connectivity index (χ2n) is 7.01. The standard InChI is InChI=1S/C20H30N4O2/c1-13(7-6-10-22-15(3)21)20(26)24-19(14(2)25)11-16-12-23-18-9-5-4-8-17(16)18/h4-5,8-9,12-13,19-20,23-24,26H,6-7,10-11H2,1-3H3,(H2,21,22)/t13?,19-,20?/m0/s1. The smallest absolute Gasteiger partial charge is 0.147 e. The van der Waals surface area contributed by atoms with E-state index in [1.807, 2.05) is 37.4 Å². The number of hydrogen-bond acceptors (Lipinski definition) is 4. The number of nitrogens with one attached hydrogen (secondary N) is 4. The van der Waals surface area contributed by atoms with Crippen LogP contribution in [0.4, 0.5) is 0 Å². The van der Waals surface area contributed by atoms with Crippen LogP contribution in [0, 0.1) is 11.3 Å². The number of aromatic nitrogens is 1. The van der Waals surface area contributed by atoms with Crippen LogP contribution in [-0.4, -0.2) is 40.5 Å². The molecule has 0 spiro atoms. The number of ketones is 1. The Bertz CT molecular complexity index is 740. The van der Waals surface area contributed by atoms with Crippen molar-refractivity contribution >= 4 is 22.5 Å². The molecule has 1 aromatic heterocycles. The number of fused-ring (bicyclic) bond motifs is 1. The van der Waals surface area contributed by atoms with Crippen LogP contribution >= 0.6 is 0 Å². The molecular formula is C20H30N4O2. The highest BCUT2D eigenvalue weighted by molar-refractivity contribution is 5.86. The van der Waals surface area contributed by atoms with Crippen molar-refractivity contribution in [2.45, 2.75) is 52.3 Å². The fourth-order valence-corrected chi connectivity index (χ4v) is 3.07. The molecule has 5 N–H and O–H groups in total. The summed E-state index contributed by atoms with van der Waals surface area (Å²) in [6.07, 6.45) is 3.41. The third-order valence-corrected chi connectivity index (χ3v) is 4.73. The summed E-state index contributed by atoms with van der Waals surface area (Å²) in [6, 6.07) is 7.58. The minimum Gasteiger partial charge on any atom is -0.378 e. The van der Waals surface area contributed by atoms with Gasteiger partial charge >= 0.3 is 0 Å². The van der Waals surface area contributed by atoms with Gasteiger partial charge in [-0.1, -0.05) is 25.1 Å². The molecule has 0 aliphatic carbocycles. The van der Waals surface area contributed by atoms with Gasteiger partial charge in [-0.25, -0.2) is 0 Å². The molecule has 0 aliphatic heterocycles. The number of hydrogen-bond donors (Lipinski definition) is 5. The fraction of sp³-hybridized carbons (Fsp3) is 0.500. The Morgan fingerprint density at radius 2 is 2.04 bits per heavy atom. The van der Waals surface area contributed by atoms with Gasteiger partial charge in [0.05, 0.1) is 11.9 Å². The van der Waals surface area contributed by atoms with E-state index in [0.717, 1.165) is 35.9 Å². The SMILES string of the molecule is CC(=N)NCCCC(C)C(O)N[C@@H](Cc1c[nH]c2ccccc12)C(C)=O. The van der Waals surface area contributed by atoms with E-state index in [0.29, 0.717) is 12.3 Å². The first-order valence-electron chi connectivity index (χ1n) is 9.17. The highest BCUT2D eigenvalue weighted by atomic mass is 16.3. The highest BCUT2D eigenvalue weighted by Gasteiger charge is 2.22. The Hall–Kier alpha value is -2.18. The quantitative estimate of drug-likeness (QED) is 0.195. The van der Waals surface area contributed by atoms with Gasteiger partial charge in [-0.3, -0.25) is 15.5 Å². The summed E-state index contributed by atoms with van der Waals surface area (Å²) in [5.74, 6) is 0.488. The van der Waals surface area contributed by atoms with E-state index in [2.05, 4.69) is 15.6 Å². The molecule has 6 nitrogen and oxygen atoms in total. The van der Waals surface area contributed by atoms with Crippen molar-refractivity contribution < 1.29 is 9.90 Å². The van der Waals surface area contributed by atoms with E-state index in [-0.39, 0.29) is 11.7 Å². The number of aromatic amines is 1. The topological polar surface area (TPSA) is 101 Å². The average molecular weight is 358 g/mol. The molecule has 6 heteroatoms. The molecule has 2 rings (SSSR count). The minimum absolute atomic E-state index is 0.0163. The van der Waals surface area contributed by atoms with Crippen molar-refractivity contribution in [2.75, 3.05) is 6.54 Å². The van der Waals surface area contributed by atoms with Crippen molar-refractivity contribution in [1.82, 2.24) is 15.6 Å². The first kappa shape index (κ1) is 20.1. The van der Waals surface area contributed by atoms with Crippen molar-refractivity contribution in [3.05, 3.63) is 36.0 Å². The highest BCUT2D eigenvalue weighted by Crippen LogP contribution is 2.20. The first-order valence-corrected chi connectivity index (χ1v) is 9.17. The van der Waals surface area contributed by atoms with Gasteiger partial charge in [-0.15, -0.1) is 0 Å². The number of amidine groups is 1. The second kappa shape index (κ2) is 9.50. The zero-order chi connectivity index (χ0) is 19.1. The number of rotatable bonds is 10. The Morgan fingerprint density at radius 3 is 2.73 bits per heavy atom. The second-order valence-corrected chi connectivity index (χ2v) is 7.01. The van der Waals surface area contributed by atoms with Gasteiger partial charge in [0.2, 0.25) is 0 Å². The van der Waals surface area contributed by atoms with Gasteiger partial charge in [0, 0.05) is 23.6 Å². The lowest BCUT2D eigenvalue weighted by molar-refractivity contribution is -0.120. The average Bonchev–Trinajstić information content (AvgIpc) is 3.00. The zero-order valence-corrected chi connectivity index (χ0v) is 15.8. The molecule has 0 radical (unpaired) electrons. The van der Waals surface area contributed by atoms with Crippen molar-refractivity contribution in [2.24, 2.45) is 5.92 Å². The van der Waals surface area contributed by atoms with Gasteiger partial charge in [-0.05, 0) is 50.7 Å². The van der Waals surface area contributed by atoms with E-state index in [1.54, 1.807) is 13.8 Å². The van der Waals surface area contributed by atoms with E-state index < -0.39 is 12.3 Å². The number of Topliss-reactive ketones (excluding diaryl/α,β-unsaturated/α-hetero) is 1. The maximum atomic E-state index is 12.1. The number of benzene rings is 1. The lowest BCUT2D eigenvalue weighted by atomic mass is 9.99. The van der Waals surface area contributed by atoms with Crippen LogP contribution in [0.5, 0.6) is 0 Å². The van der Waals surface area contributed by atoms with Crippen LogP contribution in [0.1, 0.15) is 39.2 Å². The van der Waals surface area contributed by atoms with E-state index >= 15 is 0 Å². The summed E-state index contributed by atoms with van der Waals surface area (Å²) in [5.41, 5.74) is 2.12. The van der Waals surface area contributed by atoms with Gasteiger partial charge in [-0.2, -0.15) is 0 Å². The summed E-state index contributed by atoms with van der Waals surface area (Å²) < 4.78 is 0. The van der Waals surface area contributed by atoms with Gasteiger partial charge < -0.3 is 15.4 Å². The van der Waals surface area contributed by atoms with Crippen molar-refractivity contribution in [3.8, 4) is 0 Å². The first-order chi connectivity index (χ1) is 12.4. The molecule has 0 amide bonds. The molecule has 2 aromatic rings. The number of H-pyrrole nitrogens is 1. The predicted molar refractivity (Wildman–Crippen MR) is 105 cm³/mol. The van der Waals surface area contributed by atoms with Gasteiger partial charge in [0.15, 0.2) is 0 Å². The van der Waals surface area contributed by atoms with Crippen molar-refractivity contribution in [3.63, 3.8) is 0 Å². The molecule has 0 bridgehead atoms. The summed E-state index contributed by atoms with van der Waals surface area (Å²) in [7, 11) is 0. The molecule has 142 valence electrons. The van der Waals surface area contributed by atoms with Gasteiger partial charge in [0.1, 0.15) is 12.0 Å². The molecule has 0 fully saturated rings. The molecule has 26 heavy (non-hydrogen) atoms. The van der Waals surface area contributed by atoms with Crippen molar-refractivity contribution in [1.29, 1.82) is 5.41 Å². The summed E-state index contributed by atoms with van der Waals surface area (Å²) >= 11 is 0. The van der Waals surface area contributed by atoms with Gasteiger partial charge in [0.25, 0.3) is 0 Å². The largest absolute Gasteiger partial charge is 0.378 e. The minimum atomic E-state index is -0.741. The zero-order valence-electron chi connectivity index (χ0n) is 15.8. The molecule has 3 atom stereocenters.